The van der Waals surface area contributed by atoms with Gasteiger partial charge >= 0.3 is 5.97 Å². The average Bonchev–Trinajstić information content (AvgIpc) is 2.20. The molecule has 1 heterocycles. The van der Waals surface area contributed by atoms with Gasteiger partial charge in [0, 0.05) is 13.3 Å². The number of nitrogens with zero attached hydrogens (tertiary/aromatic N) is 1. The topological polar surface area (TPSA) is 68.7 Å². The lowest BCUT2D eigenvalue weighted by Gasteiger charge is -2.07. The summed E-state index contributed by atoms with van der Waals surface area (Å²) in [6.45, 7) is 0.606. The molecule has 0 aliphatic carbocycles. The maximum atomic E-state index is 10.8. The first-order chi connectivity index (χ1) is 7.15. The number of methoxy groups -OCH3 is 1. The maximum absolute atomic E-state index is 10.8. The standard InChI is InChI=1S/C9H10ClNO4/c1-14-2-3-15-8-7(9(12)13)4-6(10)5-11-8/h4-5H,2-3H2,1H3,(H,12,13). The van der Waals surface area contributed by atoms with E-state index in [9.17, 15) is 4.79 Å². The summed E-state index contributed by atoms with van der Waals surface area (Å²) in [6.07, 6.45) is 1.33. The summed E-state index contributed by atoms with van der Waals surface area (Å²) in [5.74, 6) is -1.08. The molecule has 1 aromatic heterocycles. The highest BCUT2D eigenvalue weighted by molar-refractivity contribution is 6.30. The molecule has 0 saturated carbocycles. The minimum Gasteiger partial charge on any atom is -0.477 e. The Hall–Kier alpha value is -1.33. The normalized spacial score (nSPS) is 10.0. The van der Waals surface area contributed by atoms with Crippen molar-refractivity contribution in [3.05, 3.63) is 22.8 Å². The van der Waals surface area contributed by atoms with E-state index in [2.05, 4.69) is 4.98 Å². The number of carbonyl (C=O) groups is 1. The SMILES string of the molecule is COCCOc1ncc(Cl)cc1C(=O)O. The molecular weight excluding hydrogens is 222 g/mol. The molecule has 0 aromatic carbocycles. The summed E-state index contributed by atoms with van der Waals surface area (Å²) in [5, 5.41) is 9.09. The van der Waals surface area contributed by atoms with Gasteiger partial charge in [-0.2, -0.15) is 0 Å². The first kappa shape index (κ1) is 11.7. The second kappa shape index (κ2) is 5.53. The lowest BCUT2D eigenvalue weighted by molar-refractivity contribution is 0.0688. The zero-order chi connectivity index (χ0) is 11.3. The number of hydrogen-bond acceptors (Lipinski definition) is 4. The molecule has 15 heavy (non-hydrogen) atoms. The van der Waals surface area contributed by atoms with Crippen molar-refractivity contribution in [2.24, 2.45) is 0 Å². The van der Waals surface area contributed by atoms with Gasteiger partial charge in [-0.15, -0.1) is 0 Å². The lowest BCUT2D eigenvalue weighted by atomic mass is 10.3. The molecule has 0 aliphatic heterocycles. The van der Waals surface area contributed by atoms with Crippen LogP contribution in [0.25, 0.3) is 0 Å². The Morgan fingerprint density at radius 2 is 2.33 bits per heavy atom. The van der Waals surface area contributed by atoms with Gasteiger partial charge in [0.15, 0.2) is 0 Å². The van der Waals surface area contributed by atoms with Gasteiger partial charge in [0.05, 0.1) is 11.6 Å². The summed E-state index contributed by atoms with van der Waals surface area (Å²) < 4.78 is 9.88. The zero-order valence-electron chi connectivity index (χ0n) is 8.07. The van der Waals surface area contributed by atoms with Gasteiger partial charge in [0.1, 0.15) is 12.2 Å². The highest BCUT2D eigenvalue weighted by Crippen LogP contribution is 2.19. The van der Waals surface area contributed by atoms with Crippen molar-refractivity contribution >= 4 is 17.6 Å². The Kier molecular flexibility index (Phi) is 4.33. The fourth-order valence-electron chi connectivity index (χ4n) is 0.917. The van der Waals surface area contributed by atoms with Crippen LogP contribution >= 0.6 is 11.6 Å². The van der Waals surface area contributed by atoms with Gasteiger partial charge in [0.2, 0.25) is 5.88 Å². The van der Waals surface area contributed by atoms with Crippen molar-refractivity contribution in [1.29, 1.82) is 0 Å². The molecule has 82 valence electrons. The summed E-state index contributed by atoms with van der Waals surface area (Å²) in [5.41, 5.74) is -0.0568. The molecule has 1 rings (SSSR count). The third-order valence-corrected chi connectivity index (χ3v) is 1.78. The molecule has 0 aliphatic rings. The molecular formula is C9H10ClNO4. The molecule has 0 unspecified atom stereocenters. The minimum absolute atomic E-state index is 0.0453. The van der Waals surface area contributed by atoms with E-state index in [1.54, 1.807) is 0 Å². The van der Waals surface area contributed by atoms with E-state index in [0.29, 0.717) is 6.61 Å². The summed E-state index contributed by atoms with van der Waals surface area (Å²) in [7, 11) is 1.52. The number of ether oxygens (including phenoxy) is 2. The quantitative estimate of drug-likeness (QED) is 0.777. The first-order valence-electron chi connectivity index (χ1n) is 4.15. The summed E-state index contributed by atoms with van der Waals surface area (Å²) in [4.78, 5) is 14.6. The van der Waals surface area contributed by atoms with Gasteiger partial charge in [0.25, 0.3) is 0 Å². The number of carboxylic acid groups (broad SMARTS) is 1. The largest absolute Gasteiger partial charge is 0.477 e. The lowest BCUT2D eigenvalue weighted by Crippen LogP contribution is -2.09. The monoisotopic (exact) mass is 231 g/mol. The van der Waals surface area contributed by atoms with Crippen LogP contribution in [0.3, 0.4) is 0 Å². The third-order valence-electron chi connectivity index (χ3n) is 1.57. The van der Waals surface area contributed by atoms with Crippen LogP contribution in [0, 0.1) is 0 Å². The molecule has 0 amide bonds. The number of halogens is 1. The summed E-state index contributed by atoms with van der Waals surface area (Å²) >= 11 is 5.62. The van der Waals surface area contributed by atoms with E-state index >= 15 is 0 Å². The second-order valence-electron chi connectivity index (χ2n) is 2.65. The predicted octanol–water partition coefficient (Wildman–Crippen LogP) is 1.46. The minimum atomic E-state index is -1.13. The molecule has 0 radical (unpaired) electrons. The molecule has 6 heteroatoms. The number of rotatable bonds is 5. The Morgan fingerprint density at radius 3 is 2.93 bits per heavy atom. The molecule has 1 aromatic rings. The van der Waals surface area contributed by atoms with Gasteiger partial charge < -0.3 is 14.6 Å². The second-order valence-corrected chi connectivity index (χ2v) is 3.09. The number of carboxylic acids is 1. The zero-order valence-corrected chi connectivity index (χ0v) is 8.82. The fraction of sp³-hybridized carbons (Fsp3) is 0.333. The van der Waals surface area contributed by atoms with Crippen molar-refractivity contribution in [3.8, 4) is 5.88 Å². The summed E-state index contributed by atoms with van der Waals surface area (Å²) in [6, 6.07) is 1.29. The van der Waals surface area contributed by atoms with Crippen LogP contribution in [-0.4, -0.2) is 36.4 Å². The van der Waals surface area contributed by atoms with Crippen LogP contribution in [0.4, 0.5) is 0 Å². The van der Waals surface area contributed by atoms with Crippen molar-refractivity contribution in [1.82, 2.24) is 4.98 Å². The van der Waals surface area contributed by atoms with E-state index in [-0.39, 0.29) is 23.1 Å². The van der Waals surface area contributed by atoms with Crippen LogP contribution in [-0.2, 0) is 4.74 Å². The van der Waals surface area contributed by atoms with Crippen molar-refractivity contribution in [3.63, 3.8) is 0 Å². The van der Waals surface area contributed by atoms with Crippen LogP contribution < -0.4 is 4.74 Å². The van der Waals surface area contributed by atoms with E-state index in [0.717, 1.165) is 0 Å². The van der Waals surface area contributed by atoms with Crippen LogP contribution in [0.1, 0.15) is 10.4 Å². The first-order valence-corrected chi connectivity index (χ1v) is 4.53. The Morgan fingerprint density at radius 1 is 1.60 bits per heavy atom. The third kappa shape index (κ3) is 3.38. The van der Waals surface area contributed by atoms with Crippen LogP contribution in [0.5, 0.6) is 5.88 Å². The molecule has 0 saturated heterocycles. The Labute approximate surface area is 91.6 Å². The Balaban J connectivity index is 2.81. The molecule has 5 nitrogen and oxygen atoms in total. The predicted molar refractivity (Wildman–Crippen MR) is 53.6 cm³/mol. The van der Waals surface area contributed by atoms with Crippen molar-refractivity contribution in [2.45, 2.75) is 0 Å². The number of aromatic carboxylic acids is 1. The van der Waals surface area contributed by atoms with Crippen molar-refractivity contribution in [2.75, 3.05) is 20.3 Å². The smallest absolute Gasteiger partial charge is 0.341 e. The highest BCUT2D eigenvalue weighted by atomic mass is 35.5. The fourth-order valence-corrected chi connectivity index (χ4v) is 1.07. The van der Waals surface area contributed by atoms with E-state index in [4.69, 9.17) is 26.2 Å². The number of hydrogen-bond donors (Lipinski definition) is 1. The van der Waals surface area contributed by atoms with E-state index < -0.39 is 5.97 Å². The molecule has 0 spiro atoms. The molecule has 0 fully saturated rings. The van der Waals surface area contributed by atoms with Crippen LogP contribution in [0.15, 0.2) is 12.3 Å². The number of pyridine rings is 1. The van der Waals surface area contributed by atoms with E-state index in [1.807, 2.05) is 0 Å². The maximum Gasteiger partial charge on any atom is 0.341 e. The van der Waals surface area contributed by atoms with Gasteiger partial charge in [-0.05, 0) is 6.07 Å². The molecule has 0 bridgehead atoms. The van der Waals surface area contributed by atoms with Crippen molar-refractivity contribution < 1.29 is 19.4 Å². The van der Waals surface area contributed by atoms with E-state index in [1.165, 1.54) is 19.4 Å². The molecule has 1 N–H and O–H groups in total. The average molecular weight is 232 g/mol. The van der Waals surface area contributed by atoms with Gasteiger partial charge in [-0.3, -0.25) is 0 Å². The Bertz CT molecular complexity index is 356. The van der Waals surface area contributed by atoms with Gasteiger partial charge in [-0.25, -0.2) is 9.78 Å². The number of aromatic nitrogens is 1. The van der Waals surface area contributed by atoms with Crippen LogP contribution in [0.2, 0.25) is 5.02 Å². The van der Waals surface area contributed by atoms with Gasteiger partial charge in [-0.1, -0.05) is 11.6 Å². The molecule has 0 atom stereocenters. The highest BCUT2D eigenvalue weighted by Gasteiger charge is 2.13.